The summed E-state index contributed by atoms with van der Waals surface area (Å²) in [5.74, 6) is 0. The largest absolute Gasteiger partial charge is 0.385 e. The molecule has 1 aromatic carbocycles. The van der Waals surface area contributed by atoms with Crippen molar-refractivity contribution in [2.45, 2.75) is 19.5 Å². The lowest BCUT2D eigenvalue weighted by Gasteiger charge is -2.07. The molecule has 4 heteroatoms. The number of ether oxygens (including phenoxy) is 2. The highest BCUT2D eigenvalue weighted by molar-refractivity contribution is 5.80. The van der Waals surface area contributed by atoms with Crippen LogP contribution in [0.5, 0.6) is 0 Å². The average Bonchev–Trinajstić information content (AvgIpc) is 2.87. The molecule has 0 saturated carbocycles. The second-order valence-corrected chi connectivity index (χ2v) is 4.92. The first-order valence-corrected chi connectivity index (χ1v) is 7.11. The van der Waals surface area contributed by atoms with Gasteiger partial charge in [0, 0.05) is 52.2 Å². The number of rotatable bonds is 9. The first kappa shape index (κ1) is 15.0. The Hall–Kier alpha value is -1.36. The minimum absolute atomic E-state index is 0.748. The monoisotopic (exact) mass is 276 g/mol. The first-order valence-electron chi connectivity index (χ1n) is 7.11. The van der Waals surface area contributed by atoms with Gasteiger partial charge in [0.1, 0.15) is 0 Å². The maximum absolute atomic E-state index is 5.10. The zero-order valence-corrected chi connectivity index (χ0v) is 12.4. The van der Waals surface area contributed by atoms with Crippen molar-refractivity contribution < 1.29 is 9.47 Å². The Morgan fingerprint density at radius 3 is 2.75 bits per heavy atom. The molecule has 0 atom stereocenters. The van der Waals surface area contributed by atoms with E-state index in [0.29, 0.717) is 0 Å². The molecule has 4 nitrogen and oxygen atoms in total. The van der Waals surface area contributed by atoms with Crippen molar-refractivity contribution >= 4 is 10.9 Å². The van der Waals surface area contributed by atoms with Gasteiger partial charge in [-0.15, -0.1) is 0 Å². The molecule has 0 fully saturated rings. The van der Waals surface area contributed by atoms with Crippen LogP contribution in [0.15, 0.2) is 30.5 Å². The van der Waals surface area contributed by atoms with Crippen molar-refractivity contribution in [1.82, 2.24) is 9.88 Å². The quantitative estimate of drug-likeness (QED) is 0.714. The zero-order chi connectivity index (χ0) is 14.2. The number of fused-ring (bicyclic) bond motifs is 1. The molecule has 0 saturated heterocycles. The second kappa shape index (κ2) is 8.04. The second-order valence-electron chi connectivity index (χ2n) is 4.92. The molecule has 20 heavy (non-hydrogen) atoms. The molecule has 2 rings (SSSR count). The van der Waals surface area contributed by atoms with E-state index in [4.69, 9.17) is 9.47 Å². The minimum atomic E-state index is 0.748. The van der Waals surface area contributed by atoms with Crippen LogP contribution in [0.3, 0.4) is 0 Å². The van der Waals surface area contributed by atoms with E-state index in [9.17, 15) is 0 Å². The van der Waals surface area contributed by atoms with Crippen LogP contribution in [-0.2, 0) is 22.6 Å². The highest BCUT2D eigenvalue weighted by atomic mass is 16.5. The van der Waals surface area contributed by atoms with Crippen LogP contribution in [0.25, 0.3) is 10.9 Å². The van der Waals surface area contributed by atoms with Crippen molar-refractivity contribution in [2.24, 2.45) is 0 Å². The summed E-state index contributed by atoms with van der Waals surface area (Å²) in [7, 11) is 3.47. The zero-order valence-electron chi connectivity index (χ0n) is 12.4. The predicted octanol–water partition coefficient (Wildman–Crippen LogP) is 2.41. The molecular weight excluding hydrogens is 252 g/mol. The summed E-state index contributed by atoms with van der Waals surface area (Å²) >= 11 is 0. The van der Waals surface area contributed by atoms with Gasteiger partial charge in [-0.25, -0.2) is 0 Å². The highest BCUT2D eigenvalue weighted by Gasteiger charge is 2.02. The Bertz CT molecular complexity index is 522. The van der Waals surface area contributed by atoms with Gasteiger partial charge >= 0.3 is 0 Å². The lowest BCUT2D eigenvalue weighted by Crippen LogP contribution is -2.18. The van der Waals surface area contributed by atoms with E-state index in [1.807, 2.05) is 0 Å². The summed E-state index contributed by atoms with van der Waals surface area (Å²) in [6, 6.07) is 8.83. The number of aryl methyl sites for hydroxylation is 1. The van der Waals surface area contributed by atoms with E-state index < -0.39 is 0 Å². The molecule has 1 aromatic heterocycles. The number of nitrogens with one attached hydrogen (secondary N) is 1. The summed E-state index contributed by atoms with van der Waals surface area (Å²) < 4.78 is 12.4. The van der Waals surface area contributed by atoms with Crippen LogP contribution in [0.2, 0.25) is 0 Å². The van der Waals surface area contributed by atoms with Crippen LogP contribution < -0.4 is 5.32 Å². The average molecular weight is 276 g/mol. The Morgan fingerprint density at radius 2 is 1.95 bits per heavy atom. The first-order chi connectivity index (χ1) is 9.85. The summed E-state index contributed by atoms with van der Waals surface area (Å²) in [5.41, 5.74) is 2.60. The van der Waals surface area contributed by atoms with Gasteiger partial charge in [-0.05, 0) is 35.6 Å². The van der Waals surface area contributed by atoms with Gasteiger partial charge in [-0.1, -0.05) is 6.07 Å². The molecule has 0 amide bonds. The van der Waals surface area contributed by atoms with Crippen LogP contribution in [-0.4, -0.2) is 38.5 Å². The third kappa shape index (κ3) is 4.07. The van der Waals surface area contributed by atoms with Crippen LogP contribution in [0.4, 0.5) is 0 Å². The molecule has 0 aliphatic carbocycles. The minimum Gasteiger partial charge on any atom is -0.385 e. The van der Waals surface area contributed by atoms with Crippen molar-refractivity contribution in [3.8, 4) is 0 Å². The predicted molar refractivity (Wildman–Crippen MR) is 82.0 cm³/mol. The van der Waals surface area contributed by atoms with Gasteiger partial charge in [0.15, 0.2) is 0 Å². The smallest absolute Gasteiger partial charge is 0.0587 e. The van der Waals surface area contributed by atoms with Crippen molar-refractivity contribution in [1.29, 1.82) is 0 Å². The number of methoxy groups -OCH3 is 2. The number of nitrogens with zero attached hydrogens (tertiary/aromatic N) is 1. The van der Waals surface area contributed by atoms with Gasteiger partial charge in [0.25, 0.3) is 0 Å². The Kier molecular flexibility index (Phi) is 6.05. The number of benzene rings is 1. The van der Waals surface area contributed by atoms with E-state index in [0.717, 1.165) is 39.3 Å². The molecule has 1 N–H and O–H groups in total. The van der Waals surface area contributed by atoms with E-state index in [2.05, 4.69) is 40.3 Å². The molecule has 0 spiro atoms. The topological polar surface area (TPSA) is 35.4 Å². The molecule has 1 heterocycles. The molecule has 0 bridgehead atoms. The summed E-state index contributed by atoms with van der Waals surface area (Å²) in [5, 5.41) is 4.67. The fraction of sp³-hybridized carbons (Fsp3) is 0.500. The van der Waals surface area contributed by atoms with E-state index in [1.54, 1.807) is 14.2 Å². The van der Waals surface area contributed by atoms with E-state index >= 15 is 0 Å². The third-order valence-electron chi connectivity index (χ3n) is 3.39. The fourth-order valence-electron chi connectivity index (χ4n) is 2.34. The summed E-state index contributed by atoms with van der Waals surface area (Å²) in [4.78, 5) is 0. The maximum atomic E-state index is 5.10. The normalized spacial score (nSPS) is 11.3. The van der Waals surface area contributed by atoms with E-state index in [1.165, 1.54) is 16.5 Å². The van der Waals surface area contributed by atoms with Gasteiger partial charge in [0.05, 0.1) is 6.61 Å². The molecular formula is C16H24N2O2. The molecule has 0 aliphatic rings. The van der Waals surface area contributed by atoms with Gasteiger partial charge in [0.2, 0.25) is 0 Å². The molecule has 0 aliphatic heterocycles. The van der Waals surface area contributed by atoms with Crippen LogP contribution in [0, 0.1) is 0 Å². The lowest BCUT2D eigenvalue weighted by atomic mass is 10.1. The Morgan fingerprint density at radius 1 is 1.10 bits per heavy atom. The third-order valence-corrected chi connectivity index (χ3v) is 3.39. The van der Waals surface area contributed by atoms with Crippen LogP contribution in [0.1, 0.15) is 12.0 Å². The molecule has 2 aromatic rings. The van der Waals surface area contributed by atoms with Crippen LogP contribution >= 0.6 is 0 Å². The standard InChI is InChI=1S/C16H24N2O2/c1-19-10-3-8-18-9-6-15-12-14(4-5-16(15)18)13-17-7-11-20-2/h4-6,9,12,17H,3,7-8,10-11,13H2,1-2H3. The van der Waals surface area contributed by atoms with Gasteiger partial charge < -0.3 is 19.4 Å². The molecule has 0 unspecified atom stereocenters. The maximum Gasteiger partial charge on any atom is 0.0587 e. The van der Waals surface area contributed by atoms with E-state index in [-0.39, 0.29) is 0 Å². The van der Waals surface area contributed by atoms with Gasteiger partial charge in [-0.2, -0.15) is 0 Å². The molecule has 110 valence electrons. The van der Waals surface area contributed by atoms with Crippen molar-refractivity contribution in [2.75, 3.05) is 34.0 Å². The number of hydrogen-bond acceptors (Lipinski definition) is 3. The highest BCUT2D eigenvalue weighted by Crippen LogP contribution is 2.18. The number of aromatic nitrogens is 1. The SMILES string of the molecule is COCCCn1ccc2cc(CNCCOC)ccc21. The summed E-state index contributed by atoms with van der Waals surface area (Å²) in [6.45, 7) is 4.32. The Labute approximate surface area is 120 Å². The fourth-order valence-corrected chi connectivity index (χ4v) is 2.34. The number of hydrogen-bond donors (Lipinski definition) is 1. The lowest BCUT2D eigenvalue weighted by molar-refractivity contribution is 0.190. The van der Waals surface area contributed by atoms with Crippen molar-refractivity contribution in [3.63, 3.8) is 0 Å². The Balaban J connectivity index is 1.96. The van der Waals surface area contributed by atoms with Gasteiger partial charge in [-0.3, -0.25) is 0 Å². The van der Waals surface area contributed by atoms with Crippen molar-refractivity contribution in [3.05, 3.63) is 36.0 Å². The molecule has 0 radical (unpaired) electrons. The summed E-state index contributed by atoms with van der Waals surface area (Å²) in [6.07, 6.45) is 3.20.